The molecule has 18 heteroatoms. The Morgan fingerprint density at radius 2 is 1.60 bits per heavy atom. The lowest BCUT2D eigenvalue weighted by molar-refractivity contribution is -0.137. The van der Waals surface area contributed by atoms with Gasteiger partial charge in [0.1, 0.15) is 18.2 Å². The average molecular weight is 985 g/mol. The number of piperidine rings is 2. The fourth-order valence-electron chi connectivity index (χ4n) is 11.5. The zero-order valence-electron chi connectivity index (χ0n) is 40.4. The lowest BCUT2D eigenvalue weighted by Crippen LogP contribution is -2.52. The molecule has 0 bridgehead atoms. The van der Waals surface area contributed by atoms with Gasteiger partial charge < -0.3 is 19.1 Å². The van der Waals surface area contributed by atoms with E-state index in [0.717, 1.165) is 104 Å². The second-order valence-electron chi connectivity index (χ2n) is 20.4. The quantitative estimate of drug-likeness (QED) is 0.118. The van der Waals surface area contributed by atoms with E-state index in [2.05, 4.69) is 60.5 Å². The summed E-state index contributed by atoms with van der Waals surface area (Å²) < 4.78 is 54.9. The van der Waals surface area contributed by atoms with Crippen molar-refractivity contribution in [3.05, 3.63) is 147 Å². The van der Waals surface area contributed by atoms with Crippen LogP contribution in [0.1, 0.15) is 100 Å². The molecule has 1 aliphatic carbocycles. The lowest BCUT2D eigenvalue weighted by Gasteiger charge is -2.36. The van der Waals surface area contributed by atoms with Crippen molar-refractivity contribution in [3.8, 4) is 5.69 Å². The summed E-state index contributed by atoms with van der Waals surface area (Å²) in [6, 6.07) is 22.5. The number of nitrogens with zero attached hydrogens (tertiary/aromatic N) is 9. The maximum Gasteiger partial charge on any atom is 0.418 e. The van der Waals surface area contributed by atoms with Gasteiger partial charge >= 0.3 is 11.9 Å². The number of hydrogen-bond donors (Lipinski definition) is 1. The molecule has 11 rings (SSSR count). The van der Waals surface area contributed by atoms with Crippen LogP contribution in [0.3, 0.4) is 0 Å². The van der Waals surface area contributed by atoms with Crippen molar-refractivity contribution in [2.24, 2.45) is 18.9 Å². The molecule has 6 aromatic rings. The van der Waals surface area contributed by atoms with Crippen molar-refractivity contribution in [1.82, 2.24) is 43.7 Å². The van der Waals surface area contributed by atoms with Crippen molar-refractivity contribution >= 4 is 28.9 Å². The smallest absolute Gasteiger partial charge is 0.376 e. The monoisotopic (exact) mass is 984 g/mol. The fourth-order valence-corrected chi connectivity index (χ4v) is 11.5. The minimum atomic E-state index is -4.67. The van der Waals surface area contributed by atoms with Gasteiger partial charge in [-0.15, -0.1) is 10.2 Å². The number of pyridine rings is 1. The van der Waals surface area contributed by atoms with Crippen LogP contribution in [0.15, 0.2) is 96.3 Å². The first-order valence-electron chi connectivity index (χ1n) is 25.2. The fraction of sp³-hybridized carbons (Fsp3) is 0.444. The summed E-state index contributed by atoms with van der Waals surface area (Å²) in [6.45, 7) is 7.33. The third-order valence-electron chi connectivity index (χ3n) is 15.6. The number of fused-ring (bicyclic) bond motifs is 2. The first kappa shape index (κ1) is 47.7. The molecule has 5 aliphatic rings. The van der Waals surface area contributed by atoms with Crippen LogP contribution in [0.5, 0.6) is 0 Å². The second kappa shape index (κ2) is 19.8. The van der Waals surface area contributed by atoms with Gasteiger partial charge in [-0.3, -0.25) is 38.5 Å². The van der Waals surface area contributed by atoms with E-state index in [0.29, 0.717) is 55.5 Å². The molecule has 7 heterocycles. The highest BCUT2D eigenvalue weighted by molar-refractivity contribution is 6.05. The first-order valence-corrected chi connectivity index (χ1v) is 25.2. The Bertz CT molecular complexity index is 3060. The molecule has 1 saturated carbocycles. The van der Waals surface area contributed by atoms with Gasteiger partial charge in [-0.1, -0.05) is 42.8 Å². The average Bonchev–Trinajstić information content (AvgIpc) is 4.03. The number of benzene rings is 3. The van der Waals surface area contributed by atoms with E-state index < -0.39 is 29.4 Å². The number of aryl methyl sites for hydroxylation is 1. The number of halogens is 3. The Morgan fingerprint density at radius 3 is 2.33 bits per heavy atom. The number of imidazole rings is 1. The molecule has 0 radical (unpaired) electrons. The van der Waals surface area contributed by atoms with Gasteiger partial charge in [-0.05, 0) is 115 Å². The number of aromatic nitrogens is 5. The maximum atomic E-state index is 14.8. The lowest BCUT2D eigenvalue weighted by atomic mass is 9.72. The van der Waals surface area contributed by atoms with E-state index in [-0.39, 0.29) is 42.1 Å². The van der Waals surface area contributed by atoms with Crippen molar-refractivity contribution in [1.29, 1.82) is 0 Å². The van der Waals surface area contributed by atoms with Crippen LogP contribution < -0.4 is 15.9 Å². The number of carbonyl (C=O) groups excluding carboxylic acids is 3. The van der Waals surface area contributed by atoms with Crippen molar-refractivity contribution in [3.63, 3.8) is 0 Å². The number of ether oxygens (including phenoxy) is 1. The van der Waals surface area contributed by atoms with Crippen LogP contribution in [0.2, 0.25) is 0 Å². The van der Waals surface area contributed by atoms with Gasteiger partial charge in [0.05, 0.1) is 30.0 Å². The van der Waals surface area contributed by atoms with E-state index in [1.807, 2.05) is 41.9 Å². The Morgan fingerprint density at radius 1 is 0.806 bits per heavy atom. The van der Waals surface area contributed by atoms with Crippen LogP contribution in [0.25, 0.3) is 11.2 Å². The molecular formula is C54H59F3N10O5. The molecular weight excluding hydrogens is 926 g/mol. The highest BCUT2D eigenvalue weighted by atomic mass is 19.4. The zero-order chi connectivity index (χ0) is 49.7. The van der Waals surface area contributed by atoms with Crippen LogP contribution in [-0.4, -0.2) is 108 Å². The third-order valence-corrected chi connectivity index (χ3v) is 15.6. The topological polar surface area (TPSA) is 143 Å². The SMILES string of the molecule is Cn1cnnc1[C@@H](c1cccc(-n2cc3c(C(F)(F)F)cc(CN4CCC[C@@H](COCc5ccc(CN6CCN(c7ccc8c(c7)CN([C@H]7CCC(=O)NC7=O)C8=O)CC6)cc5)C4)cn3c2=O)c1)C1CCC1. The number of piperazine rings is 1. The molecule has 0 spiro atoms. The van der Waals surface area contributed by atoms with Gasteiger partial charge in [-0.25, -0.2) is 4.79 Å². The number of alkyl halides is 3. The van der Waals surface area contributed by atoms with E-state index in [1.54, 1.807) is 23.5 Å². The Kier molecular flexibility index (Phi) is 13.1. The number of imide groups is 1. The van der Waals surface area contributed by atoms with Crippen LogP contribution in [0, 0.1) is 11.8 Å². The summed E-state index contributed by atoms with van der Waals surface area (Å²) in [4.78, 5) is 59.9. The number of anilines is 1. The summed E-state index contributed by atoms with van der Waals surface area (Å²) in [5.74, 6) is 0.500. The van der Waals surface area contributed by atoms with Crippen LogP contribution in [-0.2, 0) is 53.8 Å². The summed E-state index contributed by atoms with van der Waals surface area (Å²) in [5, 5.41) is 10.9. The molecule has 376 valence electrons. The third kappa shape index (κ3) is 9.71. The highest BCUT2D eigenvalue weighted by Crippen LogP contribution is 2.43. The predicted molar refractivity (Wildman–Crippen MR) is 262 cm³/mol. The molecule has 3 aromatic carbocycles. The van der Waals surface area contributed by atoms with Gasteiger partial charge in [0.2, 0.25) is 11.8 Å². The van der Waals surface area contributed by atoms with E-state index >= 15 is 0 Å². The molecule has 15 nitrogen and oxygen atoms in total. The number of rotatable bonds is 14. The first-order chi connectivity index (χ1) is 34.8. The molecule has 4 fully saturated rings. The second-order valence-corrected chi connectivity index (χ2v) is 20.4. The summed E-state index contributed by atoms with van der Waals surface area (Å²) in [5.41, 5.74) is 5.18. The minimum Gasteiger partial charge on any atom is -0.376 e. The Hall–Kier alpha value is -6.63. The van der Waals surface area contributed by atoms with Gasteiger partial charge in [0, 0.05) is 95.4 Å². The van der Waals surface area contributed by atoms with Gasteiger partial charge in [0.15, 0.2) is 0 Å². The minimum absolute atomic E-state index is 0.0416. The normalized spacial score (nSPS) is 20.8. The predicted octanol–water partition coefficient (Wildman–Crippen LogP) is 6.68. The molecule has 1 N–H and O–H groups in total. The molecule has 72 heavy (non-hydrogen) atoms. The van der Waals surface area contributed by atoms with Crippen molar-refractivity contribution in [2.45, 2.75) is 89.3 Å². The molecule has 3 saturated heterocycles. The van der Waals surface area contributed by atoms with Crippen LogP contribution >= 0.6 is 0 Å². The molecule has 3 amide bonds. The van der Waals surface area contributed by atoms with E-state index in [9.17, 15) is 32.3 Å². The summed E-state index contributed by atoms with van der Waals surface area (Å²) in [7, 11) is 1.91. The van der Waals surface area contributed by atoms with E-state index in [4.69, 9.17) is 4.74 Å². The van der Waals surface area contributed by atoms with E-state index in [1.165, 1.54) is 22.4 Å². The number of likely N-dealkylation sites (tertiary alicyclic amines) is 1. The molecule has 4 aliphatic heterocycles. The summed E-state index contributed by atoms with van der Waals surface area (Å²) in [6.07, 6.45) is 5.53. The highest BCUT2D eigenvalue weighted by Gasteiger charge is 2.40. The largest absolute Gasteiger partial charge is 0.418 e. The number of amides is 3. The van der Waals surface area contributed by atoms with Gasteiger partial charge in [-0.2, -0.15) is 13.2 Å². The molecule has 3 aromatic heterocycles. The zero-order valence-corrected chi connectivity index (χ0v) is 40.4. The van der Waals surface area contributed by atoms with Crippen LogP contribution in [0.4, 0.5) is 18.9 Å². The molecule has 3 atom stereocenters. The number of carbonyl (C=O) groups is 3. The van der Waals surface area contributed by atoms with Crippen molar-refractivity contribution in [2.75, 3.05) is 50.8 Å². The Labute approximate surface area is 415 Å². The number of nitrogens with one attached hydrogen (secondary N) is 1. The maximum absolute atomic E-state index is 14.8. The van der Waals surface area contributed by atoms with Gasteiger partial charge in [0.25, 0.3) is 5.91 Å². The number of hydrogen-bond acceptors (Lipinski definition) is 10. The summed E-state index contributed by atoms with van der Waals surface area (Å²) >= 11 is 0. The van der Waals surface area contributed by atoms with Crippen molar-refractivity contribution < 1.29 is 32.3 Å². The standard InChI is InChI=1S/C54H59F3N10O5/c1-61-34-58-60-50(61)49(39-6-2-7-39)40-8-3-9-43(24-40)65-31-47-45(54(55,56)57)23-38(29-67(47)53(65)71)28-63-18-4-5-37(27-63)33-72-32-36-12-10-35(11-13-36)26-62-19-21-64(22-20-62)42-14-15-44-41(25-42)30-66(52(44)70)46-16-17-48(68)59-51(46)69/h3,8-15,23-25,29,31,34,37,39,46,49H,2,4-7,16-22,26-28,30,32-33H2,1H3,(H,59,68,69)/t37-,46+,49-/m1/s1. The Balaban J connectivity index is 0.670. The molecule has 0 unspecified atom stereocenters.